The van der Waals surface area contributed by atoms with Crippen LogP contribution in [-0.2, 0) is 0 Å². The highest BCUT2D eigenvalue weighted by molar-refractivity contribution is 4.97. The molecule has 1 aliphatic carbocycles. The highest BCUT2D eigenvalue weighted by atomic mass is 14.9. The Balaban J connectivity index is 2.21. The van der Waals surface area contributed by atoms with Crippen LogP contribution in [0.3, 0.4) is 0 Å². The van der Waals surface area contributed by atoms with Gasteiger partial charge in [0.25, 0.3) is 0 Å². The van der Waals surface area contributed by atoms with Crippen LogP contribution in [0, 0.1) is 5.41 Å². The quantitative estimate of drug-likeness (QED) is 0.587. The largest absolute Gasteiger partial charge is 0.310 e. The van der Waals surface area contributed by atoms with Gasteiger partial charge in [-0.25, -0.2) is 0 Å². The van der Waals surface area contributed by atoms with E-state index in [9.17, 15) is 0 Å². The summed E-state index contributed by atoms with van der Waals surface area (Å²) in [4.78, 5) is 0. The lowest BCUT2D eigenvalue weighted by atomic mass is 10.0. The van der Waals surface area contributed by atoms with Gasteiger partial charge in [0.15, 0.2) is 0 Å². The molecule has 1 heteroatoms. The molecule has 0 aromatic heterocycles. The Morgan fingerprint density at radius 3 is 2.70 bits per heavy atom. The van der Waals surface area contributed by atoms with Crippen molar-refractivity contribution in [3.05, 3.63) is 12.7 Å². The van der Waals surface area contributed by atoms with E-state index in [4.69, 9.17) is 0 Å². The molecule has 0 aromatic carbocycles. The van der Waals surface area contributed by atoms with Gasteiger partial charge in [0.1, 0.15) is 0 Å². The van der Waals surface area contributed by atoms with Gasteiger partial charge in [0.05, 0.1) is 0 Å². The molecular formula is C9H17N. The van der Waals surface area contributed by atoms with Gasteiger partial charge < -0.3 is 5.32 Å². The number of rotatable bonds is 4. The zero-order valence-electron chi connectivity index (χ0n) is 6.98. The summed E-state index contributed by atoms with van der Waals surface area (Å²) in [6.07, 6.45) is 4.69. The summed E-state index contributed by atoms with van der Waals surface area (Å²) in [6, 6.07) is 0.658. The average molecular weight is 139 g/mol. The topological polar surface area (TPSA) is 12.0 Å². The molecule has 0 heterocycles. The maximum Gasteiger partial charge on any atom is 0.0134 e. The van der Waals surface area contributed by atoms with Gasteiger partial charge in [-0.15, -0.1) is 6.58 Å². The van der Waals surface area contributed by atoms with Gasteiger partial charge in [0.2, 0.25) is 0 Å². The SMILES string of the molecule is C=CCNC(C)C1(C)CC1. The lowest BCUT2D eigenvalue weighted by Crippen LogP contribution is -2.33. The Bertz CT molecular complexity index is 125. The third-order valence-electron chi connectivity index (χ3n) is 2.65. The summed E-state index contributed by atoms with van der Waals surface area (Å²) < 4.78 is 0. The van der Waals surface area contributed by atoms with Crippen LogP contribution < -0.4 is 5.32 Å². The molecule has 1 rings (SSSR count). The molecular weight excluding hydrogens is 122 g/mol. The molecule has 1 aliphatic rings. The van der Waals surface area contributed by atoms with Gasteiger partial charge in [-0.2, -0.15) is 0 Å². The predicted octanol–water partition coefficient (Wildman–Crippen LogP) is 1.95. The van der Waals surface area contributed by atoms with E-state index in [0.29, 0.717) is 11.5 Å². The number of hydrogen-bond donors (Lipinski definition) is 1. The number of hydrogen-bond acceptors (Lipinski definition) is 1. The normalized spacial score (nSPS) is 23.8. The van der Waals surface area contributed by atoms with Crippen molar-refractivity contribution in [2.45, 2.75) is 32.7 Å². The second kappa shape index (κ2) is 2.75. The molecule has 1 fully saturated rings. The van der Waals surface area contributed by atoms with Crippen molar-refractivity contribution in [3.63, 3.8) is 0 Å². The monoisotopic (exact) mass is 139 g/mol. The Morgan fingerprint density at radius 2 is 2.30 bits per heavy atom. The first-order chi connectivity index (χ1) is 4.69. The van der Waals surface area contributed by atoms with Crippen LogP contribution in [0.15, 0.2) is 12.7 Å². The van der Waals surface area contributed by atoms with E-state index in [1.165, 1.54) is 12.8 Å². The highest BCUT2D eigenvalue weighted by Gasteiger charge is 2.41. The van der Waals surface area contributed by atoms with E-state index in [1.807, 2.05) is 6.08 Å². The summed E-state index contributed by atoms with van der Waals surface area (Å²) in [7, 11) is 0. The molecule has 10 heavy (non-hydrogen) atoms. The molecule has 1 atom stereocenters. The van der Waals surface area contributed by atoms with E-state index in [2.05, 4.69) is 25.7 Å². The zero-order valence-corrected chi connectivity index (χ0v) is 6.98. The zero-order chi connectivity index (χ0) is 7.61. The van der Waals surface area contributed by atoms with E-state index < -0.39 is 0 Å². The molecule has 0 saturated heterocycles. The molecule has 0 aliphatic heterocycles. The maximum atomic E-state index is 3.67. The van der Waals surface area contributed by atoms with Crippen molar-refractivity contribution in [1.29, 1.82) is 0 Å². The first-order valence-electron chi connectivity index (χ1n) is 4.03. The highest BCUT2D eigenvalue weighted by Crippen LogP contribution is 2.47. The Hall–Kier alpha value is -0.300. The van der Waals surface area contributed by atoms with Crippen molar-refractivity contribution in [2.24, 2.45) is 5.41 Å². The molecule has 1 saturated carbocycles. The molecule has 0 spiro atoms. The third kappa shape index (κ3) is 1.60. The van der Waals surface area contributed by atoms with Crippen molar-refractivity contribution < 1.29 is 0 Å². The standard InChI is InChI=1S/C9H17N/c1-4-7-10-8(2)9(3)5-6-9/h4,8,10H,1,5-7H2,2-3H3. The van der Waals surface area contributed by atoms with Crippen molar-refractivity contribution in [1.82, 2.24) is 5.32 Å². The van der Waals surface area contributed by atoms with Gasteiger partial charge >= 0.3 is 0 Å². The minimum atomic E-state index is 0.600. The first kappa shape index (κ1) is 7.80. The van der Waals surface area contributed by atoms with E-state index in [-0.39, 0.29) is 0 Å². The maximum absolute atomic E-state index is 3.67. The smallest absolute Gasteiger partial charge is 0.0134 e. The summed E-state index contributed by atoms with van der Waals surface area (Å²) in [5, 5.41) is 3.42. The fraction of sp³-hybridized carbons (Fsp3) is 0.778. The van der Waals surface area contributed by atoms with Crippen LogP contribution in [0.5, 0.6) is 0 Å². The summed E-state index contributed by atoms with van der Waals surface area (Å²) in [6.45, 7) is 9.22. The summed E-state index contributed by atoms with van der Waals surface area (Å²) in [5.41, 5.74) is 0.600. The summed E-state index contributed by atoms with van der Waals surface area (Å²) in [5.74, 6) is 0. The molecule has 0 radical (unpaired) electrons. The molecule has 0 aromatic rings. The van der Waals surface area contributed by atoms with E-state index in [0.717, 1.165) is 6.54 Å². The average Bonchev–Trinajstić information content (AvgIpc) is 2.64. The molecule has 1 unspecified atom stereocenters. The molecule has 0 bridgehead atoms. The van der Waals surface area contributed by atoms with Crippen LogP contribution in [0.1, 0.15) is 26.7 Å². The van der Waals surface area contributed by atoms with Crippen molar-refractivity contribution >= 4 is 0 Å². The first-order valence-corrected chi connectivity index (χ1v) is 4.03. The van der Waals surface area contributed by atoms with Gasteiger partial charge in [0, 0.05) is 12.6 Å². The lowest BCUT2D eigenvalue weighted by molar-refractivity contribution is 0.395. The minimum absolute atomic E-state index is 0.600. The summed E-state index contributed by atoms with van der Waals surface area (Å²) >= 11 is 0. The van der Waals surface area contributed by atoms with Gasteiger partial charge in [-0.05, 0) is 25.2 Å². The van der Waals surface area contributed by atoms with Gasteiger partial charge in [-0.3, -0.25) is 0 Å². The molecule has 1 nitrogen and oxygen atoms in total. The number of nitrogens with one attached hydrogen (secondary N) is 1. The van der Waals surface area contributed by atoms with E-state index in [1.54, 1.807) is 0 Å². The van der Waals surface area contributed by atoms with Crippen LogP contribution >= 0.6 is 0 Å². The predicted molar refractivity (Wildman–Crippen MR) is 45.0 cm³/mol. The Kier molecular flexibility index (Phi) is 2.14. The Labute approximate surface area is 63.5 Å². The molecule has 58 valence electrons. The van der Waals surface area contributed by atoms with Crippen molar-refractivity contribution in [2.75, 3.05) is 6.54 Å². The van der Waals surface area contributed by atoms with Crippen LogP contribution in [0.4, 0.5) is 0 Å². The lowest BCUT2D eigenvalue weighted by Gasteiger charge is -2.18. The molecule has 1 N–H and O–H groups in total. The Morgan fingerprint density at radius 1 is 1.70 bits per heavy atom. The van der Waals surface area contributed by atoms with Crippen LogP contribution in [0.2, 0.25) is 0 Å². The fourth-order valence-corrected chi connectivity index (χ4v) is 1.14. The second-order valence-electron chi connectivity index (χ2n) is 3.57. The van der Waals surface area contributed by atoms with Crippen molar-refractivity contribution in [3.8, 4) is 0 Å². The second-order valence-corrected chi connectivity index (χ2v) is 3.57. The third-order valence-corrected chi connectivity index (χ3v) is 2.65. The van der Waals surface area contributed by atoms with Crippen LogP contribution in [0.25, 0.3) is 0 Å². The fourth-order valence-electron chi connectivity index (χ4n) is 1.14. The van der Waals surface area contributed by atoms with E-state index >= 15 is 0 Å². The van der Waals surface area contributed by atoms with Crippen LogP contribution in [-0.4, -0.2) is 12.6 Å². The van der Waals surface area contributed by atoms with Gasteiger partial charge in [-0.1, -0.05) is 13.0 Å². The minimum Gasteiger partial charge on any atom is -0.310 e. The molecule has 0 amide bonds.